The molecule has 0 aliphatic carbocycles. The first-order chi connectivity index (χ1) is 10.1. The lowest BCUT2D eigenvalue weighted by Gasteiger charge is -2.41. The molecule has 2 atom stereocenters. The molecule has 1 aromatic rings. The molecule has 2 unspecified atom stereocenters. The van der Waals surface area contributed by atoms with Crippen molar-refractivity contribution in [3.8, 4) is 0 Å². The smallest absolute Gasteiger partial charge is 0.123 e. The second-order valence-electron chi connectivity index (χ2n) is 6.33. The molecule has 0 radical (unpaired) electrons. The highest BCUT2D eigenvalue weighted by molar-refractivity contribution is 5.17. The Morgan fingerprint density at radius 2 is 1.95 bits per heavy atom. The quantitative estimate of drug-likeness (QED) is 0.853. The Labute approximate surface area is 128 Å². The van der Waals surface area contributed by atoms with Crippen LogP contribution in [-0.2, 0) is 11.2 Å². The van der Waals surface area contributed by atoms with E-state index in [2.05, 4.69) is 26.1 Å². The van der Waals surface area contributed by atoms with Crippen LogP contribution in [-0.4, -0.2) is 24.3 Å². The maximum absolute atomic E-state index is 12.9. The molecule has 0 spiro atoms. The number of ether oxygens (including phenoxy) is 1. The Hall–Kier alpha value is -0.930. The Bertz CT molecular complexity index is 427. The van der Waals surface area contributed by atoms with E-state index in [1.54, 1.807) is 0 Å². The van der Waals surface area contributed by atoms with E-state index in [9.17, 15) is 4.39 Å². The van der Waals surface area contributed by atoms with Gasteiger partial charge in [-0.2, -0.15) is 0 Å². The zero-order valence-electron chi connectivity index (χ0n) is 13.5. The van der Waals surface area contributed by atoms with Crippen LogP contribution in [0.4, 0.5) is 4.39 Å². The lowest BCUT2D eigenvalue weighted by Crippen LogP contribution is -2.49. The first-order valence-electron chi connectivity index (χ1n) is 8.21. The van der Waals surface area contributed by atoms with Crippen LogP contribution in [0.3, 0.4) is 0 Å². The second-order valence-corrected chi connectivity index (χ2v) is 6.33. The fourth-order valence-corrected chi connectivity index (χ4v) is 3.35. The Morgan fingerprint density at radius 3 is 2.57 bits per heavy atom. The predicted molar refractivity (Wildman–Crippen MR) is 85.0 cm³/mol. The summed E-state index contributed by atoms with van der Waals surface area (Å²) in [6, 6.07) is 7.74. The van der Waals surface area contributed by atoms with E-state index in [4.69, 9.17) is 4.74 Å². The summed E-state index contributed by atoms with van der Waals surface area (Å²) in [5.41, 5.74) is 1.24. The number of nitrogens with one attached hydrogen (secondary N) is 1. The summed E-state index contributed by atoms with van der Waals surface area (Å²) >= 11 is 0. The van der Waals surface area contributed by atoms with Gasteiger partial charge in [-0.05, 0) is 56.7 Å². The van der Waals surface area contributed by atoms with Crippen molar-refractivity contribution >= 4 is 0 Å². The zero-order chi connectivity index (χ0) is 15.3. The van der Waals surface area contributed by atoms with Crippen LogP contribution in [0, 0.1) is 5.82 Å². The molecule has 21 heavy (non-hydrogen) atoms. The van der Waals surface area contributed by atoms with Crippen molar-refractivity contribution in [1.29, 1.82) is 0 Å². The molecule has 0 amide bonds. The summed E-state index contributed by atoms with van der Waals surface area (Å²) in [6.45, 7) is 7.49. The summed E-state index contributed by atoms with van der Waals surface area (Å²) in [5.74, 6) is -0.167. The van der Waals surface area contributed by atoms with E-state index in [0.29, 0.717) is 12.1 Å². The molecule has 1 aliphatic rings. The minimum Gasteiger partial charge on any atom is -0.375 e. The molecule has 0 bridgehead atoms. The fraction of sp³-hybridized carbons (Fsp3) is 0.667. The largest absolute Gasteiger partial charge is 0.375 e. The average molecular weight is 293 g/mol. The molecule has 1 fully saturated rings. The van der Waals surface area contributed by atoms with Gasteiger partial charge in [-0.15, -0.1) is 0 Å². The number of hydrogen-bond acceptors (Lipinski definition) is 2. The van der Waals surface area contributed by atoms with Gasteiger partial charge in [0, 0.05) is 18.7 Å². The molecule has 1 heterocycles. The highest BCUT2D eigenvalue weighted by Crippen LogP contribution is 2.31. The fourth-order valence-electron chi connectivity index (χ4n) is 3.35. The molecule has 1 aromatic carbocycles. The molecule has 0 saturated carbocycles. The van der Waals surface area contributed by atoms with Crippen LogP contribution in [0.1, 0.15) is 52.0 Å². The van der Waals surface area contributed by atoms with Gasteiger partial charge in [0.15, 0.2) is 0 Å². The van der Waals surface area contributed by atoms with Crippen molar-refractivity contribution in [3.05, 3.63) is 35.6 Å². The SMILES string of the molecule is CCC1(CC)CC(NC(C)Cc2ccc(F)cc2)CCO1. The predicted octanol–water partition coefficient (Wildman–Crippen LogP) is 4.08. The van der Waals surface area contributed by atoms with Crippen LogP contribution < -0.4 is 5.32 Å². The van der Waals surface area contributed by atoms with Crippen molar-refractivity contribution in [2.24, 2.45) is 0 Å². The van der Waals surface area contributed by atoms with Crippen molar-refractivity contribution < 1.29 is 9.13 Å². The number of hydrogen-bond donors (Lipinski definition) is 1. The molecule has 118 valence electrons. The molecule has 3 heteroatoms. The third-order valence-corrected chi connectivity index (χ3v) is 4.76. The maximum Gasteiger partial charge on any atom is 0.123 e. The summed E-state index contributed by atoms with van der Waals surface area (Å²) in [6.07, 6.45) is 5.26. The number of halogens is 1. The normalized spacial score (nSPS) is 23.0. The van der Waals surface area contributed by atoms with E-state index >= 15 is 0 Å². The first-order valence-corrected chi connectivity index (χ1v) is 8.21. The van der Waals surface area contributed by atoms with Crippen LogP contribution in [0.25, 0.3) is 0 Å². The first kappa shape index (κ1) is 16.4. The van der Waals surface area contributed by atoms with E-state index in [-0.39, 0.29) is 11.4 Å². The molecular formula is C18H28FNO. The zero-order valence-corrected chi connectivity index (χ0v) is 13.5. The van der Waals surface area contributed by atoms with Crippen LogP contribution in [0.15, 0.2) is 24.3 Å². The standard InChI is InChI=1S/C18H28FNO/c1-4-18(5-2)13-17(10-11-21-18)20-14(3)12-15-6-8-16(19)9-7-15/h6-9,14,17,20H,4-5,10-13H2,1-3H3. The van der Waals surface area contributed by atoms with Gasteiger partial charge in [0.2, 0.25) is 0 Å². The molecule has 1 saturated heterocycles. The summed E-state index contributed by atoms with van der Waals surface area (Å²) in [5, 5.41) is 3.73. The van der Waals surface area contributed by atoms with Crippen molar-refractivity contribution in [2.75, 3.05) is 6.61 Å². The third kappa shape index (κ3) is 4.52. The van der Waals surface area contributed by atoms with Crippen LogP contribution in [0.5, 0.6) is 0 Å². The van der Waals surface area contributed by atoms with E-state index in [0.717, 1.165) is 38.7 Å². The highest BCUT2D eigenvalue weighted by Gasteiger charge is 2.34. The monoisotopic (exact) mass is 293 g/mol. The summed E-state index contributed by atoms with van der Waals surface area (Å²) in [4.78, 5) is 0. The molecule has 2 nitrogen and oxygen atoms in total. The van der Waals surface area contributed by atoms with Gasteiger partial charge in [0.1, 0.15) is 5.82 Å². The lowest BCUT2D eigenvalue weighted by atomic mass is 9.85. The van der Waals surface area contributed by atoms with Gasteiger partial charge in [0.05, 0.1) is 5.60 Å². The van der Waals surface area contributed by atoms with Gasteiger partial charge >= 0.3 is 0 Å². The molecule has 1 aliphatic heterocycles. The Kier molecular flexibility index (Phi) is 5.77. The molecule has 1 N–H and O–H groups in total. The third-order valence-electron chi connectivity index (χ3n) is 4.76. The highest BCUT2D eigenvalue weighted by atomic mass is 19.1. The van der Waals surface area contributed by atoms with Crippen molar-refractivity contribution in [2.45, 2.75) is 70.6 Å². The molecule has 2 rings (SSSR count). The molecular weight excluding hydrogens is 265 g/mol. The minimum atomic E-state index is -0.167. The maximum atomic E-state index is 12.9. The molecule has 0 aromatic heterocycles. The van der Waals surface area contributed by atoms with E-state index in [1.807, 2.05) is 12.1 Å². The minimum absolute atomic E-state index is 0.0610. The second kappa shape index (κ2) is 7.37. The van der Waals surface area contributed by atoms with Crippen molar-refractivity contribution in [1.82, 2.24) is 5.32 Å². The van der Waals surface area contributed by atoms with Crippen LogP contribution >= 0.6 is 0 Å². The Balaban J connectivity index is 1.87. The van der Waals surface area contributed by atoms with Gasteiger partial charge in [-0.25, -0.2) is 4.39 Å². The van der Waals surface area contributed by atoms with E-state index in [1.165, 1.54) is 17.7 Å². The Morgan fingerprint density at radius 1 is 1.29 bits per heavy atom. The average Bonchev–Trinajstić information content (AvgIpc) is 2.49. The lowest BCUT2D eigenvalue weighted by molar-refractivity contribution is -0.0939. The van der Waals surface area contributed by atoms with Crippen molar-refractivity contribution in [3.63, 3.8) is 0 Å². The van der Waals surface area contributed by atoms with Gasteiger partial charge in [-0.3, -0.25) is 0 Å². The van der Waals surface area contributed by atoms with Crippen LogP contribution in [0.2, 0.25) is 0 Å². The summed E-state index contributed by atoms with van der Waals surface area (Å²) in [7, 11) is 0. The van der Waals surface area contributed by atoms with Gasteiger partial charge in [0.25, 0.3) is 0 Å². The van der Waals surface area contributed by atoms with Gasteiger partial charge in [-0.1, -0.05) is 26.0 Å². The van der Waals surface area contributed by atoms with Gasteiger partial charge < -0.3 is 10.1 Å². The number of rotatable bonds is 6. The summed E-state index contributed by atoms with van der Waals surface area (Å²) < 4.78 is 19.0. The van der Waals surface area contributed by atoms with E-state index < -0.39 is 0 Å². The topological polar surface area (TPSA) is 21.3 Å². The number of benzene rings is 1.